The minimum absolute atomic E-state index is 0.0344. The van der Waals surface area contributed by atoms with E-state index in [-0.39, 0.29) is 25.1 Å². The summed E-state index contributed by atoms with van der Waals surface area (Å²) in [6.45, 7) is 0.545. The van der Waals surface area contributed by atoms with Crippen molar-refractivity contribution in [3.63, 3.8) is 0 Å². The second-order valence-electron chi connectivity index (χ2n) is 7.09. The Morgan fingerprint density at radius 2 is 1.86 bits per heavy atom. The lowest BCUT2D eigenvalue weighted by atomic mass is 9.73. The molecule has 0 aromatic heterocycles. The molecular formula is C22H25FN2O3. The lowest BCUT2D eigenvalue weighted by Gasteiger charge is -2.34. The number of hydrogen-bond acceptors (Lipinski definition) is 3. The number of likely N-dealkylation sites (tertiary alicyclic amines) is 1. The van der Waals surface area contributed by atoms with Crippen molar-refractivity contribution >= 4 is 18.1 Å². The van der Waals surface area contributed by atoms with Crippen molar-refractivity contribution in [3.05, 3.63) is 65.7 Å². The minimum atomic E-state index is -0.541. The zero-order chi connectivity index (χ0) is 20.0. The molecule has 2 aromatic carbocycles. The van der Waals surface area contributed by atoms with Crippen molar-refractivity contribution in [1.29, 1.82) is 0 Å². The summed E-state index contributed by atoms with van der Waals surface area (Å²) in [6.07, 6.45) is 2.51. The first-order valence-electron chi connectivity index (χ1n) is 9.50. The molecule has 4 rings (SSSR count). The SMILES string of the molecule is O=C1Nc2ccccc2[C@@]12CCN(CCF)[C@H]2CCc1ccccc1.O=CO. The Balaban J connectivity index is 0.000000706. The molecule has 2 atom stereocenters. The van der Waals surface area contributed by atoms with E-state index in [4.69, 9.17) is 9.90 Å². The van der Waals surface area contributed by atoms with Gasteiger partial charge < -0.3 is 10.4 Å². The smallest absolute Gasteiger partial charge is 0.290 e. The third kappa shape index (κ3) is 3.64. The van der Waals surface area contributed by atoms with Gasteiger partial charge in [-0.2, -0.15) is 0 Å². The molecule has 2 N–H and O–H groups in total. The van der Waals surface area contributed by atoms with E-state index in [1.807, 2.05) is 36.4 Å². The molecule has 148 valence electrons. The number of rotatable bonds is 5. The van der Waals surface area contributed by atoms with Gasteiger partial charge in [0, 0.05) is 18.3 Å². The highest BCUT2D eigenvalue weighted by atomic mass is 19.1. The number of alkyl halides is 1. The van der Waals surface area contributed by atoms with Gasteiger partial charge in [0.1, 0.15) is 6.67 Å². The van der Waals surface area contributed by atoms with Gasteiger partial charge in [-0.3, -0.25) is 14.5 Å². The molecule has 0 aliphatic carbocycles. The summed E-state index contributed by atoms with van der Waals surface area (Å²) in [7, 11) is 0. The highest BCUT2D eigenvalue weighted by Gasteiger charge is 2.56. The number of anilines is 1. The zero-order valence-electron chi connectivity index (χ0n) is 15.7. The number of amides is 1. The average Bonchev–Trinajstić information content (AvgIpc) is 3.21. The molecule has 0 unspecified atom stereocenters. The summed E-state index contributed by atoms with van der Waals surface area (Å²) in [6, 6.07) is 18.3. The van der Waals surface area contributed by atoms with Gasteiger partial charge in [0.15, 0.2) is 0 Å². The van der Waals surface area contributed by atoms with Crippen molar-refractivity contribution in [2.24, 2.45) is 0 Å². The Kier molecular flexibility index (Phi) is 6.41. The highest BCUT2D eigenvalue weighted by Crippen LogP contribution is 2.49. The molecule has 2 heterocycles. The molecular weight excluding hydrogens is 359 g/mol. The number of benzene rings is 2. The lowest BCUT2D eigenvalue weighted by Crippen LogP contribution is -2.47. The van der Waals surface area contributed by atoms with Crippen LogP contribution in [0.25, 0.3) is 0 Å². The van der Waals surface area contributed by atoms with Crippen LogP contribution in [0, 0.1) is 0 Å². The molecule has 0 radical (unpaired) electrons. The number of carbonyl (C=O) groups excluding carboxylic acids is 1. The number of aryl methyl sites for hydroxylation is 1. The van der Waals surface area contributed by atoms with Crippen molar-refractivity contribution in [1.82, 2.24) is 4.90 Å². The molecule has 2 aliphatic rings. The number of fused-ring (bicyclic) bond motifs is 2. The van der Waals surface area contributed by atoms with Gasteiger partial charge in [-0.25, -0.2) is 4.39 Å². The van der Waals surface area contributed by atoms with E-state index in [2.05, 4.69) is 28.4 Å². The van der Waals surface area contributed by atoms with Crippen LogP contribution in [0.1, 0.15) is 24.0 Å². The number of para-hydroxylation sites is 1. The monoisotopic (exact) mass is 384 g/mol. The van der Waals surface area contributed by atoms with Crippen LogP contribution < -0.4 is 5.32 Å². The van der Waals surface area contributed by atoms with E-state index in [1.54, 1.807) is 0 Å². The van der Waals surface area contributed by atoms with Crippen molar-refractivity contribution in [3.8, 4) is 0 Å². The lowest BCUT2D eigenvalue weighted by molar-refractivity contribution is -0.123. The molecule has 6 heteroatoms. The fraction of sp³-hybridized carbons (Fsp3) is 0.364. The molecule has 1 saturated heterocycles. The summed E-state index contributed by atoms with van der Waals surface area (Å²) in [5.41, 5.74) is 2.72. The third-order valence-corrected chi connectivity index (χ3v) is 5.79. The Hall–Kier alpha value is -2.73. The van der Waals surface area contributed by atoms with Gasteiger partial charge in [-0.15, -0.1) is 0 Å². The predicted octanol–water partition coefficient (Wildman–Crippen LogP) is 3.25. The summed E-state index contributed by atoms with van der Waals surface area (Å²) in [5.74, 6) is 0.0770. The summed E-state index contributed by atoms with van der Waals surface area (Å²) < 4.78 is 13.1. The van der Waals surface area contributed by atoms with Crippen LogP contribution in [0.5, 0.6) is 0 Å². The molecule has 28 heavy (non-hydrogen) atoms. The molecule has 1 spiro atoms. The summed E-state index contributed by atoms with van der Waals surface area (Å²) >= 11 is 0. The number of halogens is 1. The van der Waals surface area contributed by atoms with Crippen LogP contribution in [-0.2, 0) is 21.4 Å². The molecule has 2 aliphatic heterocycles. The normalized spacial score (nSPS) is 23.0. The molecule has 2 aromatic rings. The predicted molar refractivity (Wildman–Crippen MR) is 106 cm³/mol. The molecule has 1 amide bonds. The topological polar surface area (TPSA) is 69.6 Å². The maximum Gasteiger partial charge on any atom is 0.290 e. The van der Waals surface area contributed by atoms with Crippen molar-refractivity contribution in [2.45, 2.75) is 30.7 Å². The quantitative estimate of drug-likeness (QED) is 0.777. The van der Waals surface area contributed by atoms with Crippen molar-refractivity contribution in [2.75, 3.05) is 25.1 Å². The number of carbonyl (C=O) groups is 2. The first-order chi connectivity index (χ1) is 13.7. The Morgan fingerprint density at radius 3 is 2.57 bits per heavy atom. The van der Waals surface area contributed by atoms with E-state index in [0.717, 1.165) is 37.1 Å². The number of nitrogens with one attached hydrogen (secondary N) is 1. The first kappa shape index (κ1) is 20.0. The first-order valence-corrected chi connectivity index (χ1v) is 9.50. The number of carboxylic acid groups (broad SMARTS) is 1. The van der Waals surface area contributed by atoms with Gasteiger partial charge in [0.05, 0.1) is 5.41 Å². The fourth-order valence-electron chi connectivity index (χ4n) is 4.62. The van der Waals surface area contributed by atoms with Gasteiger partial charge in [0.2, 0.25) is 5.91 Å². The van der Waals surface area contributed by atoms with Crippen LogP contribution >= 0.6 is 0 Å². The Labute approximate surface area is 164 Å². The van der Waals surface area contributed by atoms with Crippen LogP contribution in [0.4, 0.5) is 10.1 Å². The largest absolute Gasteiger partial charge is 0.483 e. The van der Waals surface area contributed by atoms with E-state index in [9.17, 15) is 9.18 Å². The van der Waals surface area contributed by atoms with Gasteiger partial charge in [-0.05, 0) is 43.0 Å². The van der Waals surface area contributed by atoms with E-state index >= 15 is 0 Å². The Bertz CT molecular complexity index is 814. The molecule has 5 nitrogen and oxygen atoms in total. The average molecular weight is 384 g/mol. The minimum Gasteiger partial charge on any atom is -0.483 e. The molecule has 0 saturated carbocycles. The maximum atomic E-state index is 13.1. The standard InChI is InChI=1S/C21H23FN2O.CH2O2/c22-13-15-24-14-12-21(17-8-4-5-9-18(17)23-20(21)25)19(24)11-10-16-6-2-1-3-7-16;2-1-3/h1-9,19H,10-15H2,(H,23,25);1H,(H,2,3)/t19-,21+;/m0./s1. The van der Waals surface area contributed by atoms with E-state index < -0.39 is 5.41 Å². The van der Waals surface area contributed by atoms with Crippen LogP contribution in [0.2, 0.25) is 0 Å². The van der Waals surface area contributed by atoms with Crippen LogP contribution in [0.15, 0.2) is 54.6 Å². The third-order valence-electron chi connectivity index (χ3n) is 5.79. The number of nitrogens with zero attached hydrogens (tertiary/aromatic N) is 1. The zero-order valence-corrected chi connectivity index (χ0v) is 15.7. The highest BCUT2D eigenvalue weighted by molar-refractivity contribution is 6.07. The summed E-state index contributed by atoms with van der Waals surface area (Å²) in [5, 5.41) is 9.95. The van der Waals surface area contributed by atoms with E-state index in [0.29, 0.717) is 6.54 Å². The summed E-state index contributed by atoms with van der Waals surface area (Å²) in [4.78, 5) is 23.5. The molecule has 1 fully saturated rings. The van der Waals surface area contributed by atoms with Gasteiger partial charge in [0.25, 0.3) is 6.47 Å². The Morgan fingerprint density at radius 1 is 1.18 bits per heavy atom. The maximum absolute atomic E-state index is 13.1. The van der Waals surface area contributed by atoms with Gasteiger partial charge in [-0.1, -0.05) is 48.5 Å². The second kappa shape index (κ2) is 8.97. The van der Waals surface area contributed by atoms with Crippen LogP contribution in [0.3, 0.4) is 0 Å². The second-order valence-corrected chi connectivity index (χ2v) is 7.09. The fourth-order valence-corrected chi connectivity index (χ4v) is 4.62. The van der Waals surface area contributed by atoms with Gasteiger partial charge >= 0.3 is 0 Å². The van der Waals surface area contributed by atoms with E-state index in [1.165, 1.54) is 5.56 Å². The van der Waals surface area contributed by atoms with Crippen LogP contribution in [-0.4, -0.2) is 48.2 Å². The number of hydrogen-bond donors (Lipinski definition) is 2. The molecule has 0 bridgehead atoms. The van der Waals surface area contributed by atoms with Crippen molar-refractivity contribution < 1.29 is 19.1 Å².